The van der Waals surface area contributed by atoms with Gasteiger partial charge in [-0.25, -0.2) is 0 Å². The third-order valence-corrected chi connectivity index (χ3v) is 2.18. The highest BCUT2D eigenvalue weighted by Gasteiger charge is 2.17. The van der Waals surface area contributed by atoms with E-state index in [1.54, 1.807) is 24.3 Å². The molecule has 0 aliphatic rings. The molecule has 4 heteroatoms. The molecule has 0 aromatic heterocycles. The molecule has 2 N–H and O–H groups in total. The van der Waals surface area contributed by atoms with Crippen molar-refractivity contribution in [1.29, 1.82) is 0 Å². The van der Waals surface area contributed by atoms with Gasteiger partial charge in [-0.1, -0.05) is 36.3 Å². The number of carbonyl (C=O) groups excluding carboxylic acids is 1. The van der Waals surface area contributed by atoms with Crippen molar-refractivity contribution < 1.29 is 14.7 Å². The van der Waals surface area contributed by atoms with Crippen molar-refractivity contribution in [2.45, 2.75) is 18.9 Å². The molecule has 1 amide bonds. The molecule has 0 spiro atoms. The van der Waals surface area contributed by atoms with Crippen LogP contribution >= 0.6 is 0 Å². The summed E-state index contributed by atoms with van der Waals surface area (Å²) in [5, 5.41) is 11.4. The number of rotatable bonds is 5. The van der Waals surface area contributed by atoms with Crippen LogP contribution in [0.25, 0.3) is 0 Å². The van der Waals surface area contributed by atoms with Gasteiger partial charge in [-0.05, 0) is 5.56 Å². The first-order chi connectivity index (χ1) is 8.13. The fourth-order valence-corrected chi connectivity index (χ4v) is 1.45. The van der Waals surface area contributed by atoms with Crippen molar-refractivity contribution in [3.05, 3.63) is 35.9 Å². The van der Waals surface area contributed by atoms with Crippen LogP contribution in [-0.2, 0) is 9.59 Å². The monoisotopic (exact) mass is 231 g/mol. The average Bonchev–Trinajstić information content (AvgIpc) is 2.29. The first-order valence-corrected chi connectivity index (χ1v) is 5.13. The zero-order valence-corrected chi connectivity index (χ0v) is 9.22. The Morgan fingerprint density at radius 1 is 1.35 bits per heavy atom. The Bertz CT molecular complexity index is 434. The van der Waals surface area contributed by atoms with Crippen molar-refractivity contribution in [3.8, 4) is 12.3 Å². The summed E-state index contributed by atoms with van der Waals surface area (Å²) in [4.78, 5) is 22.1. The minimum Gasteiger partial charge on any atom is -0.481 e. The van der Waals surface area contributed by atoms with Gasteiger partial charge < -0.3 is 10.4 Å². The number of amides is 1. The van der Waals surface area contributed by atoms with Crippen LogP contribution in [0.15, 0.2) is 30.3 Å². The van der Waals surface area contributed by atoms with Crippen LogP contribution in [0.1, 0.15) is 24.4 Å². The highest BCUT2D eigenvalue weighted by molar-refractivity contribution is 5.79. The van der Waals surface area contributed by atoms with E-state index in [-0.39, 0.29) is 18.7 Å². The SMILES string of the molecule is C#CCC(=O)NC(CC(=O)O)c1ccccc1. The molecule has 0 aliphatic carbocycles. The normalized spacial score (nSPS) is 11.2. The first-order valence-electron chi connectivity index (χ1n) is 5.13. The van der Waals surface area contributed by atoms with Gasteiger partial charge in [0.05, 0.1) is 18.9 Å². The summed E-state index contributed by atoms with van der Waals surface area (Å²) in [5.41, 5.74) is 0.750. The Balaban J connectivity index is 2.78. The van der Waals surface area contributed by atoms with Crippen LogP contribution in [0, 0.1) is 12.3 Å². The molecule has 0 fully saturated rings. The van der Waals surface area contributed by atoms with E-state index in [1.807, 2.05) is 6.07 Å². The Morgan fingerprint density at radius 3 is 2.53 bits per heavy atom. The van der Waals surface area contributed by atoms with Crippen molar-refractivity contribution in [3.63, 3.8) is 0 Å². The second-order valence-corrected chi connectivity index (χ2v) is 3.51. The summed E-state index contributed by atoms with van der Waals surface area (Å²) in [7, 11) is 0. The van der Waals surface area contributed by atoms with Crippen molar-refractivity contribution in [2.24, 2.45) is 0 Å². The van der Waals surface area contributed by atoms with Gasteiger partial charge in [0.2, 0.25) is 5.91 Å². The summed E-state index contributed by atoms with van der Waals surface area (Å²) < 4.78 is 0. The number of carboxylic acids is 1. The van der Waals surface area contributed by atoms with E-state index >= 15 is 0 Å². The highest BCUT2D eigenvalue weighted by atomic mass is 16.4. The lowest BCUT2D eigenvalue weighted by molar-refractivity contribution is -0.137. The number of nitrogens with one attached hydrogen (secondary N) is 1. The number of carboxylic acid groups (broad SMARTS) is 1. The molecule has 1 rings (SSSR count). The van der Waals surface area contributed by atoms with E-state index in [2.05, 4.69) is 11.2 Å². The third kappa shape index (κ3) is 4.39. The van der Waals surface area contributed by atoms with E-state index in [4.69, 9.17) is 11.5 Å². The van der Waals surface area contributed by atoms with Crippen LogP contribution in [0.4, 0.5) is 0 Å². The summed E-state index contributed by atoms with van der Waals surface area (Å²) in [5.74, 6) is 0.901. The second-order valence-electron chi connectivity index (χ2n) is 3.51. The van der Waals surface area contributed by atoms with Gasteiger partial charge in [0.25, 0.3) is 0 Å². The van der Waals surface area contributed by atoms with Gasteiger partial charge in [-0.3, -0.25) is 9.59 Å². The van der Waals surface area contributed by atoms with Crippen molar-refractivity contribution in [2.75, 3.05) is 0 Å². The average molecular weight is 231 g/mol. The maximum Gasteiger partial charge on any atom is 0.305 e. The van der Waals surface area contributed by atoms with Gasteiger partial charge in [-0.15, -0.1) is 6.42 Å². The zero-order chi connectivity index (χ0) is 12.7. The Morgan fingerprint density at radius 2 is 2.00 bits per heavy atom. The minimum absolute atomic E-state index is 0.0526. The van der Waals surface area contributed by atoms with Gasteiger partial charge in [0.15, 0.2) is 0 Å². The van der Waals surface area contributed by atoms with E-state index in [0.29, 0.717) is 0 Å². The number of hydrogen-bond donors (Lipinski definition) is 2. The smallest absolute Gasteiger partial charge is 0.305 e. The standard InChI is InChI=1S/C13H13NO3/c1-2-6-12(15)14-11(9-13(16)17)10-7-4-3-5-8-10/h1,3-5,7-8,11H,6,9H2,(H,14,15)(H,16,17). The van der Waals surface area contributed by atoms with Crippen LogP contribution in [0.3, 0.4) is 0 Å². The molecule has 88 valence electrons. The molecule has 17 heavy (non-hydrogen) atoms. The van der Waals surface area contributed by atoms with Gasteiger partial charge in [0.1, 0.15) is 0 Å². The minimum atomic E-state index is -0.972. The molecular weight excluding hydrogens is 218 g/mol. The molecule has 0 saturated carbocycles. The van der Waals surface area contributed by atoms with Crippen molar-refractivity contribution in [1.82, 2.24) is 5.32 Å². The van der Waals surface area contributed by atoms with Crippen LogP contribution < -0.4 is 5.32 Å². The highest BCUT2D eigenvalue weighted by Crippen LogP contribution is 2.16. The molecule has 4 nitrogen and oxygen atoms in total. The number of hydrogen-bond acceptors (Lipinski definition) is 2. The molecule has 1 unspecified atom stereocenters. The van der Waals surface area contributed by atoms with Gasteiger partial charge in [-0.2, -0.15) is 0 Å². The van der Waals surface area contributed by atoms with Gasteiger partial charge in [0, 0.05) is 0 Å². The second kappa shape index (κ2) is 6.33. The fourth-order valence-electron chi connectivity index (χ4n) is 1.45. The molecule has 0 radical (unpaired) electrons. The van der Waals surface area contributed by atoms with Crippen LogP contribution in [-0.4, -0.2) is 17.0 Å². The fraction of sp³-hybridized carbons (Fsp3) is 0.231. The van der Waals surface area contributed by atoms with Gasteiger partial charge >= 0.3 is 5.97 Å². The zero-order valence-electron chi connectivity index (χ0n) is 9.22. The molecule has 1 atom stereocenters. The summed E-state index contributed by atoms with van der Waals surface area (Å²) in [6.45, 7) is 0. The first kappa shape index (κ1) is 12.8. The number of carbonyl (C=O) groups is 2. The maximum absolute atomic E-state index is 11.4. The maximum atomic E-state index is 11.4. The van der Waals surface area contributed by atoms with Crippen molar-refractivity contribution >= 4 is 11.9 Å². The van der Waals surface area contributed by atoms with E-state index in [1.165, 1.54) is 0 Å². The van der Waals surface area contributed by atoms with E-state index < -0.39 is 12.0 Å². The number of aliphatic carboxylic acids is 1. The largest absolute Gasteiger partial charge is 0.481 e. The predicted molar refractivity (Wildman–Crippen MR) is 63.0 cm³/mol. The lowest BCUT2D eigenvalue weighted by atomic mass is 10.0. The lowest BCUT2D eigenvalue weighted by Crippen LogP contribution is -2.29. The number of terminal acetylenes is 1. The Kier molecular flexibility index (Phi) is 4.77. The topological polar surface area (TPSA) is 66.4 Å². The molecule has 0 aliphatic heterocycles. The Hall–Kier alpha value is -2.28. The quantitative estimate of drug-likeness (QED) is 0.751. The summed E-state index contributed by atoms with van der Waals surface area (Å²) in [6.07, 6.45) is 4.80. The van der Waals surface area contributed by atoms with E-state index in [9.17, 15) is 9.59 Å². The molecule has 0 saturated heterocycles. The van der Waals surface area contributed by atoms with Crippen LogP contribution in [0.2, 0.25) is 0 Å². The molecule has 0 bridgehead atoms. The lowest BCUT2D eigenvalue weighted by Gasteiger charge is -2.16. The third-order valence-electron chi connectivity index (χ3n) is 2.18. The van der Waals surface area contributed by atoms with Crippen LogP contribution in [0.5, 0.6) is 0 Å². The Labute approximate surface area is 99.7 Å². The molecular formula is C13H13NO3. The summed E-state index contributed by atoms with van der Waals surface area (Å²) in [6, 6.07) is 8.39. The van der Waals surface area contributed by atoms with E-state index in [0.717, 1.165) is 5.56 Å². The molecule has 0 heterocycles. The molecule has 1 aromatic carbocycles. The summed E-state index contributed by atoms with van der Waals surface area (Å²) >= 11 is 0. The number of benzene rings is 1. The predicted octanol–water partition coefficient (Wildman–Crippen LogP) is 1.34. The molecule has 1 aromatic rings.